The molecule has 4 aromatic heterocycles. The molecule has 0 fully saturated rings. The zero-order valence-electron chi connectivity index (χ0n) is 26.1. The molecule has 0 aliphatic carbocycles. The molecule has 0 aliphatic rings. The second kappa shape index (κ2) is 12.1. The maximum absolute atomic E-state index is 6.18. The van der Waals surface area contributed by atoms with Crippen molar-refractivity contribution in [2.24, 2.45) is 0 Å². The Morgan fingerprint density at radius 2 is 0.918 bits per heavy atom. The molecule has 0 atom stereocenters. The third kappa shape index (κ3) is 5.39. The van der Waals surface area contributed by atoms with E-state index in [1.807, 2.05) is 109 Å². The van der Waals surface area contributed by atoms with Crippen molar-refractivity contribution in [2.75, 3.05) is 0 Å². The highest BCUT2D eigenvalue weighted by Crippen LogP contribution is 2.35. The van der Waals surface area contributed by atoms with E-state index in [1.165, 1.54) is 0 Å². The number of fused-ring (bicyclic) bond motifs is 3. The highest BCUT2D eigenvalue weighted by atomic mass is 16.3. The van der Waals surface area contributed by atoms with Crippen LogP contribution in [0.3, 0.4) is 0 Å². The van der Waals surface area contributed by atoms with Gasteiger partial charge in [-0.2, -0.15) is 0 Å². The van der Waals surface area contributed by atoms with Crippen LogP contribution in [0.2, 0.25) is 0 Å². The largest absolute Gasteiger partial charge is 0.434 e. The van der Waals surface area contributed by atoms with Crippen LogP contribution in [-0.4, -0.2) is 29.9 Å². The molecule has 0 bridgehead atoms. The van der Waals surface area contributed by atoms with Gasteiger partial charge >= 0.3 is 0 Å². The second-order valence-corrected chi connectivity index (χ2v) is 11.6. The van der Waals surface area contributed by atoms with Crippen LogP contribution in [0.4, 0.5) is 0 Å². The van der Waals surface area contributed by atoms with Crippen molar-refractivity contribution < 1.29 is 4.42 Å². The van der Waals surface area contributed by atoms with E-state index in [-0.39, 0.29) is 0 Å². The van der Waals surface area contributed by atoms with Gasteiger partial charge in [0.15, 0.2) is 23.1 Å². The predicted octanol–water partition coefficient (Wildman–Crippen LogP) is 9.96. The first-order chi connectivity index (χ1) is 24.3. The van der Waals surface area contributed by atoms with Gasteiger partial charge in [0.1, 0.15) is 17.5 Å². The number of pyridine rings is 1. The van der Waals surface area contributed by atoms with Crippen molar-refractivity contribution in [3.63, 3.8) is 0 Å². The van der Waals surface area contributed by atoms with Crippen LogP contribution in [0.15, 0.2) is 163 Å². The number of aromatic nitrogens is 6. The summed E-state index contributed by atoms with van der Waals surface area (Å²) in [5.41, 5.74) is 10.5. The van der Waals surface area contributed by atoms with Crippen molar-refractivity contribution in [3.8, 4) is 67.7 Å². The number of benzene rings is 5. The first kappa shape index (κ1) is 28.4. The van der Waals surface area contributed by atoms with E-state index in [2.05, 4.69) is 57.4 Å². The predicted molar refractivity (Wildman–Crippen MR) is 193 cm³/mol. The van der Waals surface area contributed by atoms with Crippen molar-refractivity contribution >= 4 is 22.2 Å². The van der Waals surface area contributed by atoms with Crippen LogP contribution >= 0.6 is 0 Å². The lowest BCUT2D eigenvalue weighted by Crippen LogP contribution is -2.00. The summed E-state index contributed by atoms with van der Waals surface area (Å²) in [5.74, 6) is 1.83. The fourth-order valence-electron chi connectivity index (χ4n) is 6.05. The topological polar surface area (TPSA) is 90.5 Å². The summed E-state index contributed by atoms with van der Waals surface area (Å²) < 4.78 is 6.18. The quantitative estimate of drug-likeness (QED) is 0.181. The summed E-state index contributed by atoms with van der Waals surface area (Å²) >= 11 is 0. The monoisotopic (exact) mass is 630 g/mol. The lowest BCUT2D eigenvalue weighted by atomic mass is 10.0. The van der Waals surface area contributed by atoms with Gasteiger partial charge in [0, 0.05) is 34.0 Å². The van der Waals surface area contributed by atoms with E-state index in [9.17, 15) is 0 Å². The molecule has 0 aliphatic heterocycles. The zero-order chi connectivity index (χ0) is 32.6. The van der Waals surface area contributed by atoms with E-state index >= 15 is 0 Å². The van der Waals surface area contributed by atoms with Gasteiger partial charge in [0.05, 0.1) is 5.39 Å². The summed E-state index contributed by atoms with van der Waals surface area (Å²) in [5, 5.41) is 0.837. The molecule has 5 aromatic carbocycles. The third-order valence-electron chi connectivity index (χ3n) is 8.53. The zero-order valence-corrected chi connectivity index (χ0v) is 26.1. The maximum atomic E-state index is 6.18. The van der Waals surface area contributed by atoms with Crippen molar-refractivity contribution in [2.45, 2.75) is 0 Å². The Balaban J connectivity index is 1.10. The van der Waals surface area contributed by atoms with E-state index in [4.69, 9.17) is 19.4 Å². The van der Waals surface area contributed by atoms with E-state index < -0.39 is 0 Å². The van der Waals surface area contributed by atoms with Crippen LogP contribution < -0.4 is 0 Å². The number of nitrogens with zero attached hydrogens (tertiary/aromatic N) is 6. The number of hydrogen-bond donors (Lipinski definition) is 0. The molecular formula is C42H26N6O. The molecule has 9 rings (SSSR count). The normalized spacial score (nSPS) is 11.3. The van der Waals surface area contributed by atoms with Crippen LogP contribution in [0, 0.1) is 0 Å². The Hall–Kier alpha value is -6.86. The van der Waals surface area contributed by atoms with Gasteiger partial charge in [-0.05, 0) is 28.8 Å². The summed E-state index contributed by atoms with van der Waals surface area (Å²) in [7, 11) is 0. The lowest BCUT2D eigenvalue weighted by molar-refractivity contribution is 0.652. The van der Waals surface area contributed by atoms with Crippen LogP contribution in [0.1, 0.15) is 0 Å². The fourth-order valence-corrected chi connectivity index (χ4v) is 6.05. The minimum Gasteiger partial charge on any atom is -0.434 e. The molecule has 0 amide bonds. The average molecular weight is 631 g/mol. The highest BCUT2D eigenvalue weighted by molar-refractivity contribution is 6.06. The van der Waals surface area contributed by atoms with Gasteiger partial charge in [-0.15, -0.1) is 0 Å². The Morgan fingerprint density at radius 3 is 1.61 bits per heavy atom. The Bertz CT molecular complexity index is 2590. The maximum Gasteiger partial charge on any atom is 0.229 e. The molecule has 0 unspecified atom stereocenters. The molecule has 0 saturated carbocycles. The second-order valence-electron chi connectivity index (χ2n) is 11.6. The average Bonchev–Trinajstić information content (AvgIpc) is 3.57. The summed E-state index contributed by atoms with van der Waals surface area (Å²) in [6.45, 7) is 0. The van der Waals surface area contributed by atoms with Gasteiger partial charge < -0.3 is 4.42 Å². The van der Waals surface area contributed by atoms with Crippen LogP contribution in [0.25, 0.3) is 89.9 Å². The number of furan rings is 1. The lowest BCUT2D eigenvalue weighted by Gasteiger charge is -2.10. The number of rotatable bonds is 6. The molecule has 230 valence electrons. The van der Waals surface area contributed by atoms with Crippen molar-refractivity contribution in [3.05, 3.63) is 158 Å². The molecular weight excluding hydrogens is 605 g/mol. The Labute approximate surface area is 281 Å². The first-order valence-electron chi connectivity index (χ1n) is 15.9. The van der Waals surface area contributed by atoms with E-state index in [0.29, 0.717) is 28.8 Å². The Morgan fingerprint density at radius 1 is 0.388 bits per heavy atom. The minimum atomic E-state index is 0.524. The van der Waals surface area contributed by atoms with Gasteiger partial charge in [0.2, 0.25) is 5.71 Å². The summed E-state index contributed by atoms with van der Waals surface area (Å²) in [6.07, 6.45) is 3.40. The molecule has 0 spiro atoms. The van der Waals surface area contributed by atoms with Crippen molar-refractivity contribution in [1.82, 2.24) is 29.9 Å². The molecule has 7 nitrogen and oxygen atoms in total. The highest BCUT2D eigenvalue weighted by Gasteiger charge is 2.17. The molecule has 49 heavy (non-hydrogen) atoms. The molecule has 0 saturated heterocycles. The van der Waals surface area contributed by atoms with Gasteiger partial charge in [-0.25, -0.2) is 29.9 Å². The first-order valence-corrected chi connectivity index (χ1v) is 15.9. The molecule has 7 heteroatoms. The standard InChI is InChI=1S/C42H26N6O/c1-4-11-27(12-5-1)32-17-10-18-33(23-32)41-47-39(30-15-8-3-9-16-30)46-40(48-41)31-21-19-28(20-22-31)34-24-35-37-38(49-42(35)43-25-34)36(44-26-45-37)29-13-6-2-7-14-29/h1-26H. The van der Waals surface area contributed by atoms with Gasteiger partial charge in [0.25, 0.3) is 0 Å². The SMILES string of the molecule is c1ccc(-c2cccc(-c3nc(-c4ccccc4)nc(-c4ccc(-c5cnc6oc7c(-c8ccccc8)ncnc7c6c5)cc4)n3)c2)cc1. The summed E-state index contributed by atoms with van der Waals surface area (Å²) in [6, 6.07) is 48.9. The fraction of sp³-hybridized carbons (Fsp3) is 0. The molecule has 0 radical (unpaired) electrons. The van der Waals surface area contributed by atoms with Crippen LogP contribution in [0.5, 0.6) is 0 Å². The van der Waals surface area contributed by atoms with E-state index in [1.54, 1.807) is 6.33 Å². The smallest absolute Gasteiger partial charge is 0.229 e. The minimum absolute atomic E-state index is 0.524. The van der Waals surface area contributed by atoms with Crippen molar-refractivity contribution in [1.29, 1.82) is 0 Å². The molecule has 9 aromatic rings. The molecule has 4 heterocycles. The van der Waals surface area contributed by atoms with Crippen LogP contribution in [-0.2, 0) is 0 Å². The van der Waals surface area contributed by atoms with Gasteiger partial charge in [-0.3, -0.25) is 0 Å². The number of hydrogen-bond acceptors (Lipinski definition) is 7. The van der Waals surface area contributed by atoms with Gasteiger partial charge in [-0.1, -0.05) is 133 Å². The third-order valence-corrected chi connectivity index (χ3v) is 8.53. The summed E-state index contributed by atoms with van der Waals surface area (Å²) in [4.78, 5) is 28.6. The van der Waals surface area contributed by atoms with E-state index in [0.717, 1.165) is 61.1 Å². The Kier molecular flexibility index (Phi) is 6.98. The molecule has 0 N–H and O–H groups in total.